The molecule has 0 radical (unpaired) electrons. The van der Waals surface area contributed by atoms with Gasteiger partial charge in [-0.15, -0.1) is 0 Å². The van der Waals surface area contributed by atoms with Crippen LogP contribution in [0.4, 0.5) is 5.13 Å². The Balaban J connectivity index is 1.53. The molecule has 2 aromatic heterocycles. The van der Waals surface area contributed by atoms with E-state index in [1.807, 2.05) is 78.2 Å². The number of aromatic nitrogens is 2. The Morgan fingerprint density at radius 1 is 1.03 bits per heavy atom. The van der Waals surface area contributed by atoms with E-state index in [9.17, 15) is 9.59 Å². The molecule has 2 heterocycles. The van der Waals surface area contributed by atoms with Crippen LogP contribution in [-0.4, -0.2) is 22.1 Å². The fraction of sp³-hybridized carbons (Fsp3) is 0.148. The van der Waals surface area contributed by atoms with Crippen molar-refractivity contribution in [2.75, 3.05) is 11.5 Å². The predicted molar refractivity (Wildman–Crippen MR) is 137 cm³/mol. The van der Waals surface area contributed by atoms with Crippen LogP contribution in [0.2, 0.25) is 0 Å². The van der Waals surface area contributed by atoms with E-state index in [2.05, 4.69) is 0 Å². The standard InChI is InChI=1S/C27H23N3O3S/c1-2-33-20-12-13-22-25(16-20)34-27(28-22)30(17-19-8-4-3-5-9-19)26(32)18-29-15-14-24(31)21-10-6-7-11-23(21)29/h3-16H,2,17-18H2,1H3. The largest absolute Gasteiger partial charge is 0.494 e. The van der Waals surface area contributed by atoms with Gasteiger partial charge >= 0.3 is 0 Å². The molecular weight excluding hydrogens is 446 g/mol. The summed E-state index contributed by atoms with van der Waals surface area (Å²) in [6.07, 6.45) is 1.68. The van der Waals surface area contributed by atoms with Gasteiger partial charge in [-0.3, -0.25) is 14.5 Å². The Labute approximate surface area is 200 Å². The van der Waals surface area contributed by atoms with Gasteiger partial charge in [0.15, 0.2) is 10.6 Å². The quantitative estimate of drug-likeness (QED) is 0.327. The molecule has 0 atom stereocenters. The lowest BCUT2D eigenvalue weighted by Crippen LogP contribution is -2.33. The van der Waals surface area contributed by atoms with E-state index >= 15 is 0 Å². The second kappa shape index (κ2) is 9.49. The molecule has 0 bridgehead atoms. The van der Waals surface area contributed by atoms with Crippen LogP contribution in [0.25, 0.3) is 21.1 Å². The van der Waals surface area contributed by atoms with Crippen molar-refractivity contribution >= 4 is 43.5 Å². The van der Waals surface area contributed by atoms with E-state index in [1.54, 1.807) is 17.2 Å². The van der Waals surface area contributed by atoms with Crippen LogP contribution in [0.5, 0.6) is 5.75 Å². The van der Waals surface area contributed by atoms with Crippen LogP contribution >= 0.6 is 11.3 Å². The zero-order valence-electron chi connectivity index (χ0n) is 18.7. The summed E-state index contributed by atoms with van der Waals surface area (Å²) >= 11 is 1.46. The Morgan fingerprint density at radius 3 is 2.65 bits per heavy atom. The molecule has 6 nitrogen and oxygen atoms in total. The summed E-state index contributed by atoms with van der Waals surface area (Å²) in [5.41, 5.74) is 2.50. The van der Waals surface area contributed by atoms with Gasteiger partial charge in [-0.05, 0) is 42.8 Å². The molecule has 1 amide bonds. The molecule has 0 aliphatic carbocycles. The maximum absolute atomic E-state index is 13.7. The number of hydrogen-bond acceptors (Lipinski definition) is 5. The number of pyridine rings is 1. The Kier molecular flexibility index (Phi) is 6.10. The zero-order valence-corrected chi connectivity index (χ0v) is 19.5. The normalized spacial score (nSPS) is 11.1. The summed E-state index contributed by atoms with van der Waals surface area (Å²) in [6.45, 7) is 3.02. The summed E-state index contributed by atoms with van der Waals surface area (Å²) < 4.78 is 8.40. The number of nitrogens with zero attached hydrogens (tertiary/aromatic N) is 3. The van der Waals surface area contributed by atoms with Crippen molar-refractivity contribution in [1.29, 1.82) is 0 Å². The van der Waals surface area contributed by atoms with Gasteiger partial charge < -0.3 is 9.30 Å². The van der Waals surface area contributed by atoms with Crippen molar-refractivity contribution in [2.45, 2.75) is 20.0 Å². The monoisotopic (exact) mass is 469 g/mol. The lowest BCUT2D eigenvalue weighted by Gasteiger charge is -2.21. The Bertz CT molecular complexity index is 1530. The van der Waals surface area contributed by atoms with Gasteiger partial charge in [-0.1, -0.05) is 53.8 Å². The number of carbonyl (C=O) groups is 1. The first-order valence-corrected chi connectivity index (χ1v) is 11.9. The maximum Gasteiger partial charge on any atom is 0.249 e. The Morgan fingerprint density at radius 2 is 1.82 bits per heavy atom. The van der Waals surface area contributed by atoms with Crippen LogP contribution in [0.15, 0.2) is 89.9 Å². The molecule has 170 valence electrons. The molecular formula is C27H23N3O3S. The number of amides is 1. The third kappa shape index (κ3) is 4.43. The second-order valence-electron chi connectivity index (χ2n) is 7.85. The van der Waals surface area contributed by atoms with Crippen molar-refractivity contribution in [1.82, 2.24) is 9.55 Å². The third-order valence-electron chi connectivity index (χ3n) is 5.57. The molecule has 0 aliphatic rings. The molecule has 5 aromatic rings. The number of para-hydroxylation sites is 1. The molecule has 0 spiro atoms. The summed E-state index contributed by atoms with van der Waals surface area (Å²) in [4.78, 5) is 32.4. The second-order valence-corrected chi connectivity index (χ2v) is 8.86. The zero-order chi connectivity index (χ0) is 23.5. The summed E-state index contributed by atoms with van der Waals surface area (Å²) in [6, 6.07) is 24.5. The van der Waals surface area contributed by atoms with Crippen molar-refractivity contribution in [2.24, 2.45) is 0 Å². The van der Waals surface area contributed by atoms with E-state index in [4.69, 9.17) is 9.72 Å². The van der Waals surface area contributed by atoms with E-state index in [-0.39, 0.29) is 17.9 Å². The highest BCUT2D eigenvalue weighted by Crippen LogP contribution is 2.32. The number of rotatable bonds is 7. The lowest BCUT2D eigenvalue weighted by atomic mass is 10.2. The number of carbonyl (C=O) groups excluding carboxylic acids is 1. The maximum atomic E-state index is 13.7. The van der Waals surface area contributed by atoms with Crippen LogP contribution in [0.3, 0.4) is 0 Å². The van der Waals surface area contributed by atoms with Crippen LogP contribution in [0, 0.1) is 0 Å². The van der Waals surface area contributed by atoms with Gasteiger partial charge in [0.2, 0.25) is 5.91 Å². The highest BCUT2D eigenvalue weighted by atomic mass is 32.1. The minimum Gasteiger partial charge on any atom is -0.494 e. The van der Waals surface area contributed by atoms with Gasteiger partial charge in [-0.2, -0.15) is 0 Å². The average molecular weight is 470 g/mol. The smallest absolute Gasteiger partial charge is 0.249 e. The number of benzene rings is 3. The molecule has 3 aromatic carbocycles. The molecule has 0 N–H and O–H groups in total. The van der Waals surface area contributed by atoms with Crippen molar-refractivity contribution < 1.29 is 9.53 Å². The summed E-state index contributed by atoms with van der Waals surface area (Å²) in [7, 11) is 0. The SMILES string of the molecule is CCOc1ccc2nc(N(Cc3ccccc3)C(=O)Cn3ccc(=O)c4ccccc43)sc2c1. The molecule has 0 aliphatic heterocycles. The van der Waals surface area contributed by atoms with Crippen molar-refractivity contribution in [3.05, 3.63) is 101 Å². The first-order chi connectivity index (χ1) is 16.6. The number of fused-ring (bicyclic) bond motifs is 2. The minimum absolute atomic E-state index is 0.0586. The number of thiazole rings is 1. The topological polar surface area (TPSA) is 64.4 Å². The van der Waals surface area contributed by atoms with Gasteiger partial charge in [0.1, 0.15) is 12.3 Å². The van der Waals surface area contributed by atoms with E-state index in [1.165, 1.54) is 17.4 Å². The summed E-state index contributed by atoms with van der Waals surface area (Å²) in [5, 5.41) is 1.22. The lowest BCUT2D eigenvalue weighted by molar-refractivity contribution is -0.119. The third-order valence-corrected chi connectivity index (χ3v) is 6.61. The molecule has 0 unspecified atom stereocenters. The first kappa shape index (κ1) is 21.9. The fourth-order valence-corrected chi connectivity index (χ4v) is 4.93. The summed E-state index contributed by atoms with van der Waals surface area (Å²) in [5.74, 6) is 0.674. The van der Waals surface area contributed by atoms with Crippen LogP contribution in [-0.2, 0) is 17.9 Å². The first-order valence-electron chi connectivity index (χ1n) is 11.1. The minimum atomic E-state index is -0.109. The highest BCUT2D eigenvalue weighted by molar-refractivity contribution is 7.22. The van der Waals surface area contributed by atoms with Gasteiger partial charge in [0.05, 0.1) is 28.9 Å². The van der Waals surface area contributed by atoms with Crippen LogP contribution in [0.1, 0.15) is 12.5 Å². The fourth-order valence-electron chi connectivity index (χ4n) is 3.92. The number of anilines is 1. The Hall–Kier alpha value is -3.97. The molecule has 0 fully saturated rings. The van der Waals surface area contributed by atoms with Crippen molar-refractivity contribution in [3.8, 4) is 5.75 Å². The number of ether oxygens (including phenoxy) is 1. The van der Waals surface area contributed by atoms with Crippen LogP contribution < -0.4 is 15.1 Å². The van der Waals surface area contributed by atoms with Gasteiger partial charge in [0.25, 0.3) is 0 Å². The highest BCUT2D eigenvalue weighted by Gasteiger charge is 2.21. The van der Waals surface area contributed by atoms with E-state index in [0.29, 0.717) is 23.7 Å². The van der Waals surface area contributed by atoms with Crippen molar-refractivity contribution in [3.63, 3.8) is 0 Å². The average Bonchev–Trinajstić information content (AvgIpc) is 3.28. The molecule has 0 saturated heterocycles. The predicted octanol–water partition coefficient (Wildman–Crippen LogP) is 5.24. The van der Waals surface area contributed by atoms with E-state index < -0.39 is 0 Å². The molecule has 5 rings (SSSR count). The molecule has 7 heteroatoms. The molecule has 0 saturated carbocycles. The van der Waals surface area contributed by atoms with Gasteiger partial charge in [0, 0.05) is 17.6 Å². The molecule has 34 heavy (non-hydrogen) atoms. The number of hydrogen-bond donors (Lipinski definition) is 0. The van der Waals surface area contributed by atoms with Gasteiger partial charge in [-0.25, -0.2) is 4.98 Å². The van der Waals surface area contributed by atoms with E-state index in [0.717, 1.165) is 27.0 Å².